The normalized spacial score (nSPS) is 15.8. The molecule has 1 aliphatic heterocycles. The minimum absolute atomic E-state index is 0.0149. The number of H-pyrrole nitrogens is 1. The third-order valence-corrected chi connectivity index (χ3v) is 5.00. The minimum Gasteiger partial charge on any atom is -0.360 e. The molecule has 5 nitrogen and oxygen atoms in total. The Balaban J connectivity index is 1.70. The lowest BCUT2D eigenvalue weighted by Crippen LogP contribution is -2.44. The van der Waals surface area contributed by atoms with Crippen LogP contribution in [0.15, 0.2) is 24.4 Å². The van der Waals surface area contributed by atoms with Crippen molar-refractivity contribution in [1.29, 1.82) is 0 Å². The molecule has 1 aromatic carbocycles. The Morgan fingerprint density at radius 2 is 2.00 bits per heavy atom. The minimum atomic E-state index is 0.0149. The Morgan fingerprint density at radius 1 is 1.28 bits per heavy atom. The Bertz CT molecular complexity index is 770. The first-order valence-electron chi connectivity index (χ1n) is 9.19. The summed E-state index contributed by atoms with van der Waals surface area (Å²) >= 11 is 0. The van der Waals surface area contributed by atoms with E-state index < -0.39 is 0 Å². The van der Waals surface area contributed by atoms with Gasteiger partial charge in [0.25, 0.3) is 5.91 Å². The second-order valence-electron chi connectivity index (χ2n) is 7.13. The molecule has 0 unspecified atom stereocenters. The number of amides is 2. The SMILES string of the molecule is CCc1cccc2c(C(=O)N3CCC(C(=O)NC(C)C)CC3)c[nH]c12. The Kier molecular flexibility index (Phi) is 5.11. The average molecular weight is 341 g/mol. The van der Waals surface area contributed by atoms with Crippen molar-refractivity contribution in [3.63, 3.8) is 0 Å². The number of likely N-dealkylation sites (tertiary alicyclic amines) is 1. The fourth-order valence-corrected chi connectivity index (χ4v) is 3.61. The van der Waals surface area contributed by atoms with Crippen LogP contribution in [0.4, 0.5) is 0 Å². The molecule has 3 rings (SSSR count). The molecule has 2 amide bonds. The maximum atomic E-state index is 12.9. The van der Waals surface area contributed by atoms with Crippen LogP contribution >= 0.6 is 0 Å². The van der Waals surface area contributed by atoms with Crippen molar-refractivity contribution in [2.24, 2.45) is 5.92 Å². The van der Waals surface area contributed by atoms with Gasteiger partial charge in [-0.2, -0.15) is 0 Å². The summed E-state index contributed by atoms with van der Waals surface area (Å²) in [4.78, 5) is 30.2. The van der Waals surface area contributed by atoms with Gasteiger partial charge >= 0.3 is 0 Å². The molecule has 0 atom stereocenters. The summed E-state index contributed by atoms with van der Waals surface area (Å²) in [5, 5.41) is 3.96. The van der Waals surface area contributed by atoms with Crippen LogP contribution in [0.2, 0.25) is 0 Å². The first-order chi connectivity index (χ1) is 12.0. The summed E-state index contributed by atoms with van der Waals surface area (Å²) in [6.45, 7) is 7.32. The number of rotatable bonds is 4. The lowest BCUT2D eigenvalue weighted by Gasteiger charge is -2.31. The number of para-hydroxylation sites is 1. The number of benzene rings is 1. The highest BCUT2D eigenvalue weighted by Crippen LogP contribution is 2.25. The van der Waals surface area contributed by atoms with Crippen LogP contribution in [0.3, 0.4) is 0 Å². The number of aryl methyl sites for hydroxylation is 1. The van der Waals surface area contributed by atoms with Crippen molar-refractivity contribution >= 4 is 22.7 Å². The fourth-order valence-electron chi connectivity index (χ4n) is 3.61. The first kappa shape index (κ1) is 17.5. The molecule has 2 aromatic rings. The summed E-state index contributed by atoms with van der Waals surface area (Å²) in [6.07, 6.45) is 4.21. The third-order valence-electron chi connectivity index (χ3n) is 5.00. The molecule has 25 heavy (non-hydrogen) atoms. The van der Waals surface area contributed by atoms with E-state index in [-0.39, 0.29) is 23.8 Å². The van der Waals surface area contributed by atoms with E-state index in [4.69, 9.17) is 0 Å². The highest BCUT2D eigenvalue weighted by molar-refractivity contribution is 6.07. The number of aromatic amines is 1. The average Bonchev–Trinajstić information content (AvgIpc) is 3.04. The predicted octanol–water partition coefficient (Wildman–Crippen LogP) is 3.11. The van der Waals surface area contributed by atoms with Gasteiger partial charge in [0.05, 0.1) is 5.56 Å². The summed E-state index contributed by atoms with van der Waals surface area (Å²) in [5.74, 6) is 0.185. The zero-order valence-corrected chi connectivity index (χ0v) is 15.3. The van der Waals surface area contributed by atoms with E-state index in [1.807, 2.05) is 37.1 Å². The maximum absolute atomic E-state index is 12.9. The van der Waals surface area contributed by atoms with Gasteiger partial charge in [-0.1, -0.05) is 25.1 Å². The van der Waals surface area contributed by atoms with Crippen molar-refractivity contribution in [3.05, 3.63) is 35.5 Å². The summed E-state index contributed by atoms with van der Waals surface area (Å²) in [7, 11) is 0. The van der Waals surface area contributed by atoms with Crippen molar-refractivity contribution in [2.75, 3.05) is 13.1 Å². The predicted molar refractivity (Wildman–Crippen MR) is 99.6 cm³/mol. The molecule has 2 heterocycles. The van der Waals surface area contributed by atoms with E-state index in [1.54, 1.807) is 0 Å². The summed E-state index contributed by atoms with van der Waals surface area (Å²) in [5.41, 5.74) is 3.01. The topological polar surface area (TPSA) is 65.2 Å². The van der Waals surface area contributed by atoms with Crippen molar-refractivity contribution in [1.82, 2.24) is 15.2 Å². The molecule has 5 heteroatoms. The molecule has 2 N–H and O–H groups in total. The van der Waals surface area contributed by atoms with Crippen molar-refractivity contribution < 1.29 is 9.59 Å². The van der Waals surface area contributed by atoms with E-state index in [2.05, 4.69) is 23.3 Å². The molecule has 0 saturated carbocycles. The number of piperidine rings is 1. The molecule has 0 spiro atoms. The molecule has 1 aliphatic rings. The van der Waals surface area contributed by atoms with Crippen LogP contribution in [0.5, 0.6) is 0 Å². The largest absolute Gasteiger partial charge is 0.360 e. The van der Waals surface area contributed by atoms with E-state index in [1.165, 1.54) is 5.56 Å². The highest BCUT2D eigenvalue weighted by atomic mass is 16.2. The highest BCUT2D eigenvalue weighted by Gasteiger charge is 2.29. The number of nitrogens with zero attached hydrogens (tertiary/aromatic N) is 1. The molecule has 134 valence electrons. The van der Waals surface area contributed by atoms with Gasteiger partial charge in [0.1, 0.15) is 0 Å². The van der Waals surface area contributed by atoms with Crippen molar-refractivity contribution in [2.45, 2.75) is 46.1 Å². The van der Waals surface area contributed by atoms with Gasteiger partial charge in [-0.15, -0.1) is 0 Å². The zero-order chi connectivity index (χ0) is 18.0. The van der Waals surface area contributed by atoms with Crippen LogP contribution in [0.1, 0.15) is 49.5 Å². The molecule has 0 radical (unpaired) electrons. The second kappa shape index (κ2) is 7.30. The molecule has 0 bridgehead atoms. The number of hydrogen-bond donors (Lipinski definition) is 2. The number of carbonyl (C=O) groups is 2. The first-order valence-corrected chi connectivity index (χ1v) is 9.19. The van der Waals surface area contributed by atoms with Crippen LogP contribution in [0.25, 0.3) is 10.9 Å². The van der Waals surface area contributed by atoms with Gasteiger partial charge in [-0.3, -0.25) is 9.59 Å². The monoisotopic (exact) mass is 341 g/mol. The zero-order valence-electron chi connectivity index (χ0n) is 15.3. The molecule has 1 saturated heterocycles. The lowest BCUT2D eigenvalue weighted by molar-refractivity contribution is -0.126. The van der Waals surface area contributed by atoms with Gasteiger partial charge in [-0.25, -0.2) is 0 Å². The molecule has 1 aromatic heterocycles. The van der Waals surface area contributed by atoms with Gasteiger partial charge in [-0.05, 0) is 38.7 Å². The van der Waals surface area contributed by atoms with E-state index in [0.717, 1.165) is 35.7 Å². The number of hydrogen-bond acceptors (Lipinski definition) is 2. The molecule has 0 aliphatic carbocycles. The number of aromatic nitrogens is 1. The van der Waals surface area contributed by atoms with E-state index in [0.29, 0.717) is 13.1 Å². The fraction of sp³-hybridized carbons (Fsp3) is 0.500. The molecular formula is C20H27N3O2. The van der Waals surface area contributed by atoms with E-state index >= 15 is 0 Å². The Labute approximate surface area is 148 Å². The molecule has 1 fully saturated rings. The van der Waals surface area contributed by atoms with Crippen LogP contribution in [-0.2, 0) is 11.2 Å². The van der Waals surface area contributed by atoms with Gasteiger partial charge in [0.15, 0.2) is 0 Å². The number of nitrogens with one attached hydrogen (secondary N) is 2. The maximum Gasteiger partial charge on any atom is 0.256 e. The van der Waals surface area contributed by atoms with E-state index in [9.17, 15) is 9.59 Å². The second-order valence-corrected chi connectivity index (χ2v) is 7.13. The molecular weight excluding hydrogens is 314 g/mol. The Morgan fingerprint density at radius 3 is 2.64 bits per heavy atom. The quantitative estimate of drug-likeness (QED) is 0.897. The van der Waals surface area contributed by atoms with Crippen LogP contribution in [0, 0.1) is 5.92 Å². The standard InChI is InChI=1S/C20H27N3O2/c1-4-14-6-5-7-16-17(12-21-18(14)16)20(25)23-10-8-15(9-11-23)19(24)22-13(2)3/h5-7,12-13,15,21H,4,8-11H2,1-3H3,(H,22,24). The number of carbonyl (C=O) groups excluding carboxylic acids is 2. The van der Waals surface area contributed by atoms with Crippen molar-refractivity contribution in [3.8, 4) is 0 Å². The van der Waals surface area contributed by atoms with Gasteiger partial charge in [0, 0.05) is 42.1 Å². The number of fused-ring (bicyclic) bond motifs is 1. The van der Waals surface area contributed by atoms with Crippen LogP contribution in [-0.4, -0.2) is 40.8 Å². The summed E-state index contributed by atoms with van der Waals surface area (Å²) < 4.78 is 0. The smallest absolute Gasteiger partial charge is 0.256 e. The third kappa shape index (κ3) is 3.55. The Hall–Kier alpha value is -2.30. The summed E-state index contributed by atoms with van der Waals surface area (Å²) in [6, 6.07) is 6.26. The lowest BCUT2D eigenvalue weighted by atomic mass is 9.95. The van der Waals surface area contributed by atoms with Gasteiger partial charge in [0.2, 0.25) is 5.91 Å². The van der Waals surface area contributed by atoms with Crippen LogP contribution < -0.4 is 5.32 Å². The van der Waals surface area contributed by atoms with Gasteiger partial charge < -0.3 is 15.2 Å².